The maximum absolute atomic E-state index is 12.0. The number of aliphatic hydroxyl groups excluding tert-OH is 1. The van der Waals surface area contributed by atoms with Crippen molar-refractivity contribution in [2.75, 3.05) is 25.2 Å². The Hall–Kier alpha value is -1.77. The number of carbonyl (C=O) groups is 1. The molecule has 0 spiro atoms. The highest BCUT2D eigenvalue weighted by Crippen LogP contribution is 2.38. The molecule has 3 rings (SSSR count). The molecule has 2 aromatic rings. The molecule has 0 unspecified atom stereocenters. The first-order valence-corrected chi connectivity index (χ1v) is 9.24. The molecule has 0 atom stereocenters. The number of ether oxygens (including phenoxy) is 1. The smallest absolute Gasteiger partial charge is 0.357 e. The Bertz CT molecular complexity index is 796. The van der Waals surface area contributed by atoms with Gasteiger partial charge in [0.2, 0.25) is 0 Å². The summed E-state index contributed by atoms with van der Waals surface area (Å²) in [6.07, 6.45) is 2.97. The van der Waals surface area contributed by atoms with E-state index >= 15 is 0 Å². The number of thiazole rings is 1. The Balaban J connectivity index is 2.02. The molecule has 0 aliphatic carbocycles. The van der Waals surface area contributed by atoms with Crippen LogP contribution in [0.3, 0.4) is 0 Å². The third kappa shape index (κ3) is 3.47. The SMILES string of the molecule is COC(=O)c1nc(N2CCCc3c2nnc(Cl)c3C)sc1CCCO. The van der Waals surface area contributed by atoms with E-state index in [0.29, 0.717) is 28.8 Å². The zero-order valence-electron chi connectivity index (χ0n) is 14.1. The zero-order chi connectivity index (χ0) is 18.0. The minimum absolute atomic E-state index is 0.0591. The van der Waals surface area contributed by atoms with E-state index in [0.717, 1.165) is 41.2 Å². The average Bonchev–Trinajstić information content (AvgIpc) is 3.06. The number of carbonyl (C=O) groups excluding carboxylic acids is 1. The van der Waals surface area contributed by atoms with Crippen molar-refractivity contribution in [2.45, 2.75) is 32.6 Å². The van der Waals surface area contributed by atoms with E-state index in [1.807, 2.05) is 11.8 Å². The van der Waals surface area contributed by atoms with Gasteiger partial charge in [0.15, 0.2) is 21.8 Å². The van der Waals surface area contributed by atoms with E-state index in [4.69, 9.17) is 21.4 Å². The maximum Gasteiger partial charge on any atom is 0.357 e. The van der Waals surface area contributed by atoms with Crippen molar-refractivity contribution in [3.05, 3.63) is 26.9 Å². The summed E-state index contributed by atoms with van der Waals surface area (Å²) in [6.45, 7) is 2.74. The summed E-state index contributed by atoms with van der Waals surface area (Å²) in [4.78, 5) is 19.3. The van der Waals surface area contributed by atoms with E-state index < -0.39 is 5.97 Å². The number of rotatable bonds is 5. The molecule has 0 saturated carbocycles. The normalized spacial score (nSPS) is 13.7. The molecule has 1 aliphatic heterocycles. The molecule has 2 aromatic heterocycles. The van der Waals surface area contributed by atoms with E-state index in [1.165, 1.54) is 18.4 Å². The lowest BCUT2D eigenvalue weighted by Gasteiger charge is -2.28. The van der Waals surface area contributed by atoms with Crippen LogP contribution in [-0.4, -0.2) is 46.5 Å². The topological polar surface area (TPSA) is 88.4 Å². The van der Waals surface area contributed by atoms with Crippen LogP contribution in [0.25, 0.3) is 0 Å². The van der Waals surface area contributed by atoms with E-state index in [9.17, 15) is 4.79 Å². The second-order valence-electron chi connectivity index (χ2n) is 5.76. The van der Waals surface area contributed by atoms with Gasteiger partial charge in [-0.05, 0) is 38.2 Å². The molecule has 0 fully saturated rings. The number of fused-ring (bicyclic) bond motifs is 1. The van der Waals surface area contributed by atoms with E-state index in [1.54, 1.807) is 0 Å². The van der Waals surface area contributed by atoms with Crippen LogP contribution < -0.4 is 4.90 Å². The molecule has 7 nitrogen and oxygen atoms in total. The third-order valence-electron chi connectivity index (χ3n) is 4.19. The van der Waals surface area contributed by atoms with Gasteiger partial charge >= 0.3 is 5.97 Å². The Morgan fingerprint density at radius 2 is 2.24 bits per heavy atom. The number of anilines is 2. The highest BCUT2D eigenvalue weighted by molar-refractivity contribution is 7.16. The molecule has 1 aliphatic rings. The number of hydrogen-bond acceptors (Lipinski definition) is 8. The van der Waals surface area contributed by atoms with Crippen LogP contribution in [-0.2, 0) is 17.6 Å². The van der Waals surface area contributed by atoms with Crippen LogP contribution in [0.4, 0.5) is 10.9 Å². The first-order chi connectivity index (χ1) is 12.1. The van der Waals surface area contributed by atoms with Crippen LogP contribution in [0.2, 0.25) is 5.15 Å². The van der Waals surface area contributed by atoms with Crippen molar-refractivity contribution in [2.24, 2.45) is 0 Å². The van der Waals surface area contributed by atoms with Crippen molar-refractivity contribution in [1.29, 1.82) is 0 Å². The highest BCUT2D eigenvalue weighted by Gasteiger charge is 2.28. The van der Waals surface area contributed by atoms with Gasteiger partial charge in [0, 0.05) is 23.6 Å². The first-order valence-electron chi connectivity index (χ1n) is 8.04. The Labute approximate surface area is 154 Å². The summed E-state index contributed by atoms with van der Waals surface area (Å²) in [5.41, 5.74) is 2.31. The number of aryl methyl sites for hydroxylation is 1. The van der Waals surface area contributed by atoms with Crippen LogP contribution >= 0.6 is 22.9 Å². The fourth-order valence-corrected chi connectivity index (χ4v) is 4.13. The molecule has 3 heterocycles. The second-order valence-corrected chi connectivity index (χ2v) is 7.18. The first kappa shape index (κ1) is 18.0. The molecule has 0 bridgehead atoms. The molecule has 9 heteroatoms. The lowest BCUT2D eigenvalue weighted by atomic mass is 10.0. The molecule has 134 valence electrons. The number of hydrogen-bond donors (Lipinski definition) is 1. The minimum Gasteiger partial charge on any atom is -0.464 e. The third-order valence-corrected chi connectivity index (χ3v) is 5.68. The molecular formula is C16H19ClN4O3S. The van der Waals surface area contributed by atoms with Crippen molar-refractivity contribution in [1.82, 2.24) is 15.2 Å². The maximum atomic E-state index is 12.0. The number of esters is 1. The van der Waals surface area contributed by atoms with E-state index in [-0.39, 0.29) is 6.61 Å². The standard InChI is InChI=1S/C16H19ClN4O3S/c1-9-10-5-3-7-21(14(10)20-19-13(9)17)16-18-12(15(23)24-2)11(25-16)6-4-8-22/h22H,3-8H2,1-2H3. The van der Waals surface area contributed by atoms with Gasteiger partial charge in [-0.15, -0.1) is 21.5 Å². The zero-order valence-corrected chi connectivity index (χ0v) is 15.7. The van der Waals surface area contributed by atoms with Crippen molar-refractivity contribution in [3.63, 3.8) is 0 Å². The second kappa shape index (κ2) is 7.63. The number of nitrogens with zero attached hydrogens (tertiary/aromatic N) is 4. The molecule has 25 heavy (non-hydrogen) atoms. The number of halogens is 1. The summed E-state index contributed by atoms with van der Waals surface area (Å²) >= 11 is 7.52. The summed E-state index contributed by atoms with van der Waals surface area (Å²) in [7, 11) is 1.34. The molecule has 0 amide bonds. The quantitative estimate of drug-likeness (QED) is 0.795. The lowest BCUT2D eigenvalue weighted by Crippen LogP contribution is -2.27. The predicted molar refractivity (Wildman–Crippen MR) is 96.0 cm³/mol. The van der Waals surface area contributed by atoms with Gasteiger partial charge < -0.3 is 14.7 Å². The molecule has 1 N–H and O–H groups in total. The van der Waals surface area contributed by atoms with Gasteiger partial charge in [-0.2, -0.15) is 0 Å². The number of aromatic nitrogens is 3. The molecule has 0 saturated heterocycles. The van der Waals surface area contributed by atoms with Crippen LogP contribution in [0.1, 0.15) is 39.3 Å². The average molecular weight is 383 g/mol. The van der Waals surface area contributed by atoms with Gasteiger partial charge in [-0.25, -0.2) is 9.78 Å². The number of aliphatic hydroxyl groups is 1. The van der Waals surface area contributed by atoms with Crippen molar-refractivity contribution < 1.29 is 14.6 Å². The van der Waals surface area contributed by atoms with Crippen LogP contribution in [0.5, 0.6) is 0 Å². The minimum atomic E-state index is -0.467. The fourth-order valence-electron chi connectivity index (χ4n) is 2.86. The van der Waals surface area contributed by atoms with E-state index in [2.05, 4.69) is 15.2 Å². The van der Waals surface area contributed by atoms with Gasteiger partial charge in [-0.3, -0.25) is 0 Å². The summed E-state index contributed by atoms with van der Waals surface area (Å²) < 4.78 is 4.84. The van der Waals surface area contributed by atoms with Crippen molar-refractivity contribution >= 4 is 39.9 Å². The van der Waals surface area contributed by atoms with Crippen LogP contribution in [0, 0.1) is 6.92 Å². The lowest BCUT2D eigenvalue weighted by molar-refractivity contribution is 0.0593. The predicted octanol–water partition coefficient (Wildman–Crippen LogP) is 2.69. The summed E-state index contributed by atoms with van der Waals surface area (Å²) in [6, 6.07) is 0. The molecule has 0 radical (unpaired) electrons. The summed E-state index contributed by atoms with van der Waals surface area (Å²) in [5.74, 6) is 0.276. The number of methoxy groups -OCH3 is 1. The molecule has 0 aromatic carbocycles. The Kier molecular flexibility index (Phi) is 5.51. The largest absolute Gasteiger partial charge is 0.464 e. The Morgan fingerprint density at radius 3 is 2.96 bits per heavy atom. The van der Waals surface area contributed by atoms with Crippen molar-refractivity contribution in [3.8, 4) is 0 Å². The van der Waals surface area contributed by atoms with Gasteiger partial charge in [0.05, 0.1) is 7.11 Å². The Morgan fingerprint density at radius 1 is 1.44 bits per heavy atom. The van der Waals surface area contributed by atoms with Gasteiger partial charge in [-0.1, -0.05) is 11.6 Å². The monoisotopic (exact) mass is 382 g/mol. The highest BCUT2D eigenvalue weighted by atomic mass is 35.5. The van der Waals surface area contributed by atoms with Gasteiger partial charge in [0.1, 0.15) is 0 Å². The fraction of sp³-hybridized carbons (Fsp3) is 0.500. The summed E-state index contributed by atoms with van der Waals surface area (Å²) in [5, 5.41) is 18.5. The molecular weight excluding hydrogens is 364 g/mol. The van der Waals surface area contributed by atoms with Crippen LogP contribution in [0.15, 0.2) is 0 Å². The van der Waals surface area contributed by atoms with Gasteiger partial charge in [0.25, 0.3) is 0 Å².